The first-order chi connectivity index (χ1) is 18.1. The van der Waals surface area contributed by atoms with Crippen molar-refractivity contribution in [2.75, 3.05) is 14.2 Å². The minimum Gasteiger partial charge on any atom is -0.497 e. The van der Waals surface area contributed by atoms with Crippen LogP contribution in [0.4, 0.5) is 0 Å². The van der Waals surface area contributed by atoms with Crippen molar-refractivity contribution >= 4 is 23.5 Å². The van der Waals surface area contributed by atoms with E-state index in [0.717, 1.165) is 33.3 Å². The minimum absolute atomic E-state index is 0.450. The maximum absolute atomic E-state index is 5.82. The summed E-state index contributed by atoms with van der Waals surface area (Å²) in [7, 11) is 3.25. The number of methoxy groups -OCH3 is 2. The molecule has 2 aromatic carbocycles. The molecule has 0 spiro atoms. The highest BCUT2D eigenvalue weighted by Gasteiger charge is 2.13. The number of hydrogen-bond donors (Lipinski definition) is 0. The van der Waals surface area contributed by atoms with Crippen molar-refractivity contribution in [3.8, 4) is 34.4 Å². The second kappa shape index (κ2) is 11.4. The summed E-state index contributed by atoms with van der Waals surface area (Å²) in [5, 5.41) is 18.0. The average molecular weight is 535 g/mol. The number of ether oxygens (including phenoxy) is 2. The van der Waals surface area contributed by atoms with Gasteiger partial charge in [-0.05, 0) is 61.5 Å². The second-order valence-electron chi connectivity index (χ2n) is 7.67. The van der Waals surface area contributed by atoms with Crippen molar-refractivity contribution in [3.05, 3.63) is 72.1 Å². The molecule has 0 saturated heterocycles. The van der Waals surface area contributed by atoms with Crippen LogP contribution in [-0.4, -0.2) is 44.6 Å². The van der Waals surface area contributed by atoms with Gasteiger partial charge in [0.05, 0.1) is 25.7 Å². The van der Waals surface area contributed by atoms with Crippen LogP contribution in [0.1, 0.15) is 17.5 Å². The fourth-order valence-electron chi connectivity index (χ4n) is 3.24. The fourth-order valence-corrected chi connectivity index (χ4v) is 4.83. The van der Waals surface area contributed by atoms with Gasteiger partial charge in [-0.3, -0.25) is 0 Å². The Morgan fingerprint density at radius 1 is 0.676 bits per heavy atom. The molecule has 0 amide bonds. The molecule has 5 rings (SSSR count). The van der Waals surface area contributed by atoms with Crippen molar-refractivity contribution in [2.24, 2.45) is 0 Å². The van der Waals surface area contributed by atoms with Gasteiger partial charge in [0.2, 0.25) is 23.6 Å². The molecule has 0 atom stereocenters. The molecule has 12 heteroatoms. The van der Waals surface area contributed by atoms with E-state index in [-0.39, 0.29) is 0 Å². The van der Waals surface area contributed by atoms with E-state index in [1.165, 1.54) is 23.5 Å². The van der Waals surface area contributed by atoms with E-state index < -0.39 is 0 Å². The van der Waals surface area contributed by atoms with Crippen LogP contribution in [0.5, 0.6) is 11.5 Å². The molecule has 3 heterocycles. The van der Waals surface area contributed by atoms with Crippen molar-refractivity contribution < 1.29 is 18.3 Å². The number of nitrogens with zero attached hydrogens (tertiary/aromatic N) is 6. The molecule has 0 unspecified atom stereocenters. The molecule has 0 bridgehead atoms. The summed E-state index contributed by atoms with van der Waals surface area (Å²) in [6.45, 7) is 1.93. The molecule has 0 aliphatic carbocycles. The normalized spacial score (nSPS) is 11.0. The first-order valence-corrected chi connectivity index (χ1v) is 13.1. The molecule has 10 nitrogen and oxygen atoms in total. The summed E-state index contributed by atoms with van der Waals surface area (Å²) in [6, 6.07) is 16.8. The molecule has 3 aromatic heterocycles. The molecule has 0 fully saturated rings. The van der Waals surface area contributed by atoms with Crippen LogP contribution < -0.4 is 9.47 Å². The summed E-state index contributed by atoms with van der Waals surface area (Å²) in [5.41, 5.74) is 2.51. The lowest BCUT2D eigenvalue weighted by Crippen LogP contribution is -1.94. The highest BCUT2D eigenvalue weighted by atomic mass is 32.2. The molecule has 0 aliphatic heterocycles. The number of hydrogen-bond acceptors (Lipinski definition) is 12. The van der Waals surface area contributed by atoms with Gasteiger partial charge < -0.3 is 18.3 Å². The van der Waals surface area contributed by atoms with Gasteiger partial charge >= 0.3 is 0 Å². The van der Waals surface area contributed by atoms with Gasteiger partial charge in [0.25, 0.3) is 0 Å². The van der Waals surface area contributed by atoms with E-state index in [9.17, 15) is 0 Å². The zero-order chi connectivity index (χ0) is 25.6. The third-order valence-corrected chi connectivity index (χ3v) is 6.81. The Bertz CT molecular complexity index is 1360. The lowest BCUT2D eigenvalue weighted by molar-refractivity contribution is 0.414. The van der Waals surface area contributed by atoms with E-state index in [1.807, 2.05) is 61.5 Å². The van der Waals surface area contributed by atoms with Gasteiger partial charge in [0.15, 0.2) is 5.16 Å². The number of thioether (sulfide) groups is 2. The zero-order valence-corrected chi connectivity index (χ0v) is 21.9. The van der Waals surface area contributed by atoms with Crippen LogP contribution in [0.25, 0.3) is 22.9 Å². The van der Waals surface area contributed by atoms with E-state index in [2.05, 4.69) is 30.4 Å². The van der Waals surface area contributed by atoms with Crippen LogP contribution in [0.15, 0.2) is 73.6 Å². The molecule has 5 aromatic rings. The predicted molar refractivity (Wildman–Crippen MR) is 138 cm³/mol. The van der Waals surface area contributed by atoms with Gasteiger partial charge in [0.1, 0.15) is 16.5 Å². The van der Waals surface area contributed by atoms with Crippen molar-refractivity contribution in [3.63, 3.8) is 0 Å². The van der Waals surface area contributed by atoms with Crippen LogP contribution in [0.2, 0.25) is 0 Å². The molecule has 188 valence electrons. The first kappa shape index (κ1) is 24.8. The van der Waals surface area contributed by atoms with Crippen molar-refractivity contribution in [1.29, 1.82) is 0 Å². The van der Waals surface area contributed by atoms with E-state index >= 15 is 0 Å². The lowest BCUT2D eigenvalue weighted by Gasteiger charge is -2.04. The fraction of sp³-hybridized carbons (Fsp3) is 0.200. The Kier molecular flexibility index (Phi) is 7.66. The highest BCUT2D eigenvalue weighted by molar-refractivity contribution is 7.99. The van der Waals surface area contributed by atoms with E-state index in [1.54, 1.807) is 14.2 Å². The lowest BCUT2D eigenvalue weighted by atomic mass is 10.2. The van der Waals surface area contributed by atoms with E-state index in [4.69, 9.17) is 18.3 Å². The smallest absolute Gasteiger partial charge is 0.247 e. The number of benzene rings is 2. The molecule has 0 radical (unpaired) electrons. The standard InChI is InChI=1S/C25H22N6O4S2/c1-15-12-22(36-13-20-28-30-23(34-20)16-4-8-18(32-2)9-5-16)27-25(26-15)37-14-21-29-31-24(35-21)17-6-10-19(33-3)11-7-17/h4-12H,13-14H2,1-3H3. The van der Waals surface area contributed by atoms with Gasteiger partial charge in [-0.15, -0.1) is 20.4 Å². The Morgan fingerprint density at radius 3 is 1.70 bits per heavy atom. The zero-order valence-electron chi connectivity index (χ0n) is 20.2. The second-order valence-corrected chi connectivity index (χ2v) is 9.60. The quantitative estimate of drug-likeness (QED) is 0.128. The maximum Gasteiger partial charge on any atom is 0.247 e. The summed E-state index contributed by atoms with van der Waals surface area (Å²) in [4.78, 5) is 9.16. The Morgan fingerprint density at radius 2 is 1.19 bits per heavy atom. The molecule has 0 N–H and O–H groups in total. The molecular weight excluding hydrogens is 512 g/mol. The summed E-state index contributed by atoms with van der Waals surface area (Å²) in [5.74, 6) is 4.38. The maximum atomic E-state index is 5.82. The van der Waals surface area contributed by atoms with Crippen molar-refractivity contribution in [1.82, 2.24) is 30.4 Å². The van der Waals surface area contributed by atoms with Crippen LogP contribution in [-0.2, 0) is 11.5 Å². The van der Waals surface area contributed by atoms with Gasteiger partial charge in [0, 0.05) is 16.8 Å². The monoisotopic (exact) mass is 534 g/mol. The molecule has 0 aliphatic rings. The minimum atomic E-state index is 0.450. The summed E-state index contributed by atoms with van der Waals surface area (Å²) >= 11 is 2.93. The Hall–Kier alpha value is -3.90. The number of aromatic nitrogens is 6. The van der Waals surface area contributed by atoms with Crippen LogP contribution >= 0.6 is 23.5 Å². The first-order valence-electron chi connectivity index (χ1n) is 11.1. The van der Waals surface area contributed by atoms with E-state index in [0.29, 0.717) is 40.2 Å². The van der Waals surface area contributed by atoms with Gasteiger partial charge in [-0.2, -0.15) is 0 Å². The highest BCUT2D eigenvalue weighted by Crippen LogP contribution is 2.28. The third-order valence-electron chi connectivity index (χ3n) is 5.09. The van der Waals surface area contributed by atoms with Gasteiger partial charge in [-0.1, -0.05) is 23.5 Å². The SMILES string of the molecule is COc1ccc(-c2nnc(CSc3cc(C)nc(SCc4nnc(-c5ccc(OC)cc5)o4)n3)o2)cc1. The van der Waals surface area contributed by atoms with Gasteiger partial charge in [-0.25, -0.2) is 9.97 Å². The summed E-state index contributed by atoms with van der Waals surface area (Å²) in [6.07, 6.45) is 0. The Balaban J connectivity index is 1.19. The molecular formula is C25H22N6O4S2. The predicted octanol–water partition coefficient (Wildman–Crippen LogP) is 5.49. The number of rotatable bonds is 10. The van der Waals surface area contributed by atoms with Crippen molar-refractivity contribution in [2.45, 2.75) is 28.6 Å². The number of aryl methyl sites for hydroxylation is 1. The van der Waals surface area contributed by atoms with Crippen LogP contribution in [0, 0.1) is 6.92 Å². The topological polar surface area (TPSA) is 122 Å². The Labute approximate surface area is 221 Å². The molecule has 0 saturated carbocycles. The molecule has 37 heavy (non-hydrogen) atoms. The summed E-state index contributed by atoms with van der Waals surface area (Å²) < 4.78 is 22.0. The third kappa shape index (κ3) is 6.27. The van der Waals surface area contributed by atoms with Crippen LogP contribution in [0.3, 0.4) is 0 Å². The largest absolute Gasteiger partial charge is 0.497 e. The average Bonchev–Trinajstić information content (AvgIpc) is 3.61.